The third kappa shape index (κ3) is 3.66. The van der Waals surface area contributed by atoms with Crippen LogP contribution in [0.1, 0.15) is 31.1 Å². The number of carbonyl (C=O) groups is 1. The first-order valence-corrected chi connectivity index (χ1v) is 10.5. The van der Waals surface area contributed by atoms with Crippen LogP contribution in [0.15, 0.2) is 89.5 Å². The van der Waals surface area contributed by atoms with Gasteiger partial charge in [0.25, 0.3) is 0 Å². The van der Waals surface area contributed by atoms with E-state index in [4.69, 9.17) is 9.26 Å². The number of hydrogen-bond donors (Lipinski definition) is 0. The molecule has 0 spiro atoms. The topological polar surface area (TPSA) is 52.3 Å². The van der Waals surface area contributed by atoms with Gasteiger partial charge in [0.05, 0.1) is 11.0 Å². The van der Waals surface area contributed by atoms with Crippen LogP contribution in [0.25, 0.3) is 22.4 Å². The molecule has 154 valence electrons. The molecule has 3 aromatic carbocycles. The lowest BCUT2D eigenvalue weighted by molar-refractivity contribution is -0.119. The summed E-state index contributed by atoms with van der Waals surface area (Å²) in [5, 5.41) is 4.41. The number of rotatable bonds is 7. The van der Waals surface area contributed by atoms with Crippen molar-refractivity contribution < 1.29 is 14.1 Å². The van der Waals surface area contributed by atoms with Crippen LogP contribution in [0, 0.1) is 0 Å². The summed E-state index contributed by atoms with van der Waals surface area (Å²) in [7, 11) is 0. The van der Waals surface area contributed by atoms with Gasteiger partial charge < -0.3 is 9.26 Å². The van der Waals surface area contributed by atoms with Crippen molar-refractivity contribution in [3.63, 3.8) is 0 Å². The van der Waals surface area contributed by atoms with Crippen LogP contribution in [0.4, 0.5) is 0 Å². The minimum absolute atomic E-state index is 0.136. The van der Waals surface area contributed by atoms with Gasteiger partial charge in [-0.05, 0) is 55.2 Å². The van der Waals surface area contributed by atoms with Crippen molar-refractivity contribution >= 4 is 5.78 Å². The number of Topliss-reactive ketones (excluding diaryl/α,β-unsaturated/α-hetero) is 1. The molecule has 4 nitrogen and oxygen atoms in total. The van der Waals surface area contributed by atoms with Gasteiger partial charge in [-0.2, -0.15) is 0 Å². The minimum Gasteiger partial charge on any atom is -0.489 e. The molecule has 0 aliphatic heterocycles. The fraction of sp³-hybridized carbons (Fsp3) is 0.185. The lowest BCUT2D eigenvalue weighted by Gasteiger charge is -2.11. The Bertz CT molecular complexity index is 1190. The van der Waals surface area contributed by atoms with Gasteiger partial charge in [0.15, 0.2) is 5.76 Å². The highest BCUT2D eigenvalue weighted by Crippen LogP contribution is 2.53. The number of hydrogen-bond acceptors (Lipinski definition) is 4. The molecule has 1 aromatic heterocycles. The quantitative estimate of drug-likeness (QED) is 0.364. The molecule has 31 heavy (non-hydrogen) atoms. The van der Waals surface area contributed by atoms with Gasteiger partial charge in [0, 0.05) is 5.56 Å². The molecule has 1 saturated carbocycles. The van der Waals surface area contributed by atoms with Crippen LogP contribution >= 0.6 is 0 Å². The van der Waals surface area contributed by atoms with E-state index in [1.165, 1.54) is 0 Å². The maximum absolute atomic E-state index is 12.4. The van der Waals surface area contributed by atoms with Gasteiger partial charge in [-0.15, -0.1) is 0 Å². The van der Waals surface area contributed by atoms with Crippen molar-refractivity contribution in [2.75, 3.05) is 0 Å². The van der Waals surface area contributed by atoms with Crippen LogP contribution in [-0.2, 0) is 16.8 Å². The molecule has 1 aliphatic carbocycles. The van der Waals surface area contributed by atoms with Gasteiger partial charge in [0.2, 0.25) is 0 Å². The average molecular weight is 409 g/mol. The SMILES string of the molecule is CC(=O)C1(c2onc(-c3ccc(OCc4ccccc4)cc3)c2-c2ccccc2)CC1. The van der Waals surface area contributed by atoms with Crippen LogP contribution < -0.4 is 4.74 Å². The first-order valence-electron chi connectivity index (χ1n) is 10.5. The molecule has 0 saturated heterocycles. The Morgan fingerprint density at radius 3 is 2.16 bits per heavy atom. The second-order valence-electron chi connectivity index (χ2n) is 8.04. The molecule has 1 heterocycles. The van der Waals surface area contributed by atoms with Gasteiger partial charge in [-0.1, -0.05) is 65.8 Å². The average Bonchev–Trinajstić information content (AvgIpc) is 3.52. The summed E-state index contributed by atoms with van der Waals surface area (Å²) in [6.45, 7) is 2.16. The summed E-state index contributed by atoms with van der Waals surface area (Å²) in [5.74, 6) is 1.61. The van der Waals surface area contributed by atoms with Crippen molar-refractivity contribution in [3.8, 4) is 28.1 Å². The van der Waals surface area contributed by atoms with E-state index in [1.807, 2.05) is 84.9 Å². The fourth-order valence-electron chi connectivity index (χ4n) is 4.00. The summed E-state index contributed by atoms with van der Waals surface area (Å²) in [6.07, 6.45) is 1.62. The van der Waals surface area contributed by atoms with E-state index >= 15 is 0 Å². The monoisotopic (exact) mass is 409 g/mol. The highest BCUT2D eigenvalue weighted by Gasteiger charge is 2.54. The molecule has 0 N–H and O–H groups in total. The van der Waals surface area contributed by atoms with E-state index < -0.39 is 5.41 Å². The van der Waals surface area contributed by atoms with E-state index in [9.17, 15) is 4.79 Å². The smallest absolute Gasteiger partial charge is 0.158 e. The molecule has 0 atom stereocenters. The molecular weight excluding hydrogens is 386 g/mol. The fourth-order valence-corrected chi connectivity index (χ4v) is 4.00. The number of benzene rings is 3. The molecule has 5 rings (SSSR count). The highest BCUT2D eigenvalue weighted by atomic mass is 16.5. The van der Waals surface area contributed by atoms with E-state index in [0.29, 0.717) is 12.4 Å². The first kappa shape index (κ1) is 19.3. The predicted molar refractivity (Wildman–Crippen MR) is 120 cm³/mol. The molecule has 1 fully saturated rings. The normalized spacial score (nSPS) is 14.2. The Hall–Kier alpha value is -3.66. The Morgan fingerprint density at radius 2 is 1.55 bits per heavy atom. The zero-order valence-electron chi connectivity index (χ0n) is 17.4. The molecule has 0 radical (unpaired) electrons. The number of nitrogens with zero attached hydrogens (tertiary/aromatic N) is 1. The largest absolute Gasteiger partial charge is 0.489 e. The van der Waals surface area contributed by atoms with Gasteiger partial charge >= 0.3 is 0 Å². The minimum atomic E-state index is -0.533. The summed E-state index contributed by atoms with van der Waals surface area (Å²) < 4.78 is 11.7. The molecule has 4 heteroatoms. The predicted octanol–water partition coefficient (Wildman–Crippen LogP) is 6.21. The Morgan fingerprint density at radius 1 is 0.903 bits per heavy atom. The van der Waals surface area contributed by atoms with Crippen molar-refractivity contribution in [1.82, 2.24) is 5.16 Å². The summed E-state index contributed by atoms with van der Waals surface area (Å²) in [5.41, 5.74) is 4.19. The van der Waals surface area contributed by atoms with Crippen LogP contribution in [0.3, 0.4) is 0 Å². The third-order valence-corrected chi connectivity index (χ3v) is 5.99. The van der Waals surface area contributed by atoms with Crippen LogP contribution in [0.2, 0.25) is 0 Å². The van der Waals surface area contributed by atoms with Crippen molar-refractivity contribution in [3.05, 3.63) is 96.3 Å². The van der Waals surface area contributed by atoms with E-state index in [2.05, 4.69) is 5.16 Å². The van der Waals surface area contributed by atoms with Gasteiger partial charge in [-0.3, -0.25) is 4.79 Å². The second kappa shape index (κ2) is 7.88. The zero-order valence-corrected chi connectivity index (χ0v) is 17.4. The maximum atomic E-state index is 12.4. The third-order valence-electron chi connectivity index (χ3n) is 5.99. The highest BCUT2D eigenvalue weighted by molar-refractivity contribution is 5.95. The molecule has 0 bridgehead atoms. The Balaban J connectivity index is 1.48. The first-order chi connectivity index (χ1) is 15.2. The Kier molecular flexibility index (Phi) is 4.91. The number of aromatic nitrogens is 1. The summed E-state index contributed by atoms with van der Waals surface area (Å²) in [6, 6.07) is 28.0. The molecule has 0 amide bonds. The molecule has 4 aromatic rings. The number of ether oxygens (including phenoxy) is 1. The summed E-state index contributed by atoms with van der Waals surface area (Å²) in [4.78, 5) is 12.4. The molecular formula is C27H23NO3. The molecule has 0 unspecified atom stereocenters. The standard InChI is InChI=1S/C27H23NO3/c1-19(29)27(16-17-27)26-24(21-10-6-3-7-11-21)25(28-31-26)22-12-14-23(15-13-22)30-18-20-8-4-2-5-9-20/h2-15H,16-18H2,1H3. The van der Waals surface area contributed by atoms with E-state index in [-0.39, 0.29) is 5.78 Å². The molecule has 1 aliphatic rings. The van der Waals surface area contributed by atoms with Crippen LogP contribution in [-0.4, -0.2) is 10.9 Å². The van der Waals surface area contributed by atoms with Crippen molar-refractivity contribution in [2.24, 2.45) is 0 Å². The van der Waals surface area contributed by atoms with Crippen molar-refractivity contribution in [1.29, 1.82) is 0 Å². The number of carbonyl (C=O) groups excluding carboxylic acids is 1. The van der Waals surface area contributed by atoms with E-state index in [1.54, 1.807) is 6.92 Å². The Labute approximate surface area is 181 Å². The van der Waals surface area contributed by atoms with Crippen molar-refractivity contribution in [2.45, 2.75) is 31.8 Å². The zero-order chi connectivity index (χ0) is 21.3. The lowest BCUT2D eigenvalue weighted by Crippen LogP contribution is -2.17. The van der Waals surface area contributed by atoms with E-state index in [0.717, 1.165) is 46.5 Å². The van der Waals surface area contributed by atoms with Gasteiger partial charge in [-0.25, -0.2) is 0 Å². The van der Waals surface area contributed by atoms with Crippen LogP contribution in [0.5, 0.6) is 5.75 Å². The summed E-state index contributed by atoms with van der Waals surface area (Å²) >= 11 is 0. The maximum Gasteiger partial charge on any atom is 0.158 e. The number of ketones is 1. The lowest BCUT2D eigenvalue weighted by atomic mass is 9.90. The van der Waals surface area contributed by atoms with Gasteiger partial charge in [0.1, 0.15) is 23.8 Å². The second-order valence-corrected chi connectivity index (χ2v) is 8.04.